The van der Waals surface area contributed by atoms with Gasteiger partial charge in [-0.15, -0.1) is 0 Å². The number of aromatic nitrogens is 1. The summed E-state index contributed by atoms with van der Waals surface area (Å²) < 4.78 is 0. The number of aromatic amines is 1. The van der Waals surface area contributed by atoms with Gasteiger partial charge >= 0.3 is 5.97 Å². The zero-order chi connectivity index (χ0) is 11.0. The molecule has 0 fully saturated rings. The van der Waals surface area contributed by atoms with Crippen LogP contribution in [0.25, 0.3) is 10.9 Å². The van der Waals surface area contributed by atoms with Crippen molar-refractivity contribution in [3.05, 3.63) is 29.3 Å². The number of nitrogens with one attached hydrogen (secondary N) is 1. The van der Waals surface area contributed by atoms with Gasteiger partial charge in [0.15, 0.2) is 12.2 Å². The Hall–Kier alpha value is -2.30. The summed E-state index contributed by atoms with van der Waals surface area (Å²) in [5.74, 6) is -1.30. The molecule has 76 valence electrons. The predicted octanol–water partition coefficient (Wildman–Crippen LogP) is 1.38. The van der Waals surface area contributed by atoms with Crippen molar-refractivity contribution in [2.75, 3.05) is 0 Å². The van der Waals surface area contributed by atoms with E-state index in [9.17, 15) is 14.7 Å². The Balaban J connectivity index is 2.75. The van der Waals surface area contributed by atoms with Gasteiger partial charge in [-0.3, -0.25) is 4.79 Å². The number of aldehydes is 1. The zero-order valence-corrected chi connectivity index (χ0v) is 7.52. The van der Waals surface area contributed by atoms with E-state index in [1.165, 1.54) is 18.2 Å². The van der Waals surface area contributed by atoms with Crippen LogP contribution in [0.15, 0.2) is 18.2 Å². The summed E-state index contributed by atoms with van der Waals surface area (Å²) in [6.07, 6.45) is 0.522. The van der Waals surface area contributed by atoms with Crippen molar-refractivity contribution in [3.8, 4) is 5.88 Å². The van der Waals surface area contributed by atoms with Crippen LogP contribution >= 0.6 is 0 Å². The molecular weight excluding hydrogens is 198 g/mol. The summed E-state index contributed by atoms with van der Waals surface area (Å²) in [6, 6.07) is 4.23. The second-order valence-corrected chi connectivity index (χ2v) is 3.07. The van der Waals surface area contributed by atoms with Crippen LogP contribution < -0.4 is 0 Å². The van der Waals surface area contributed by atoms with Gasteiger partial charge in [-0.2, -0.15) is 0 Å². The molecule has 0 spiro atoms. The molecule has 0 aliphatic heterocycles. The quantitative estimate of drug-likeness (QED) is 0.646. The first-order valence-corrected chi connectivity index (χ1v) is 4.16. The Morgan fingerprint density at radius 3 is 2.73 bits per heavy atom. The highest BCUT2D eigenvalue weighted by molar-refractivity contribution is 6.02. The fraction of sp³-hybridized carbons (Fsp3) is 0. The Morgan fingerprint density at radius 2 is 2.13 bits per heavy atom. The van der Waals surface area contributed by atoms with Crippen LogP contribution in [0.2, 0.25) is 0 Å². The van der Waals surface area contributed by atoms with Gasteiger partial charge in [-0.05, 0) is 12.1 Å². The van der Waals surface area contributed by atoms with Crippen molar-refractivity contribution < 1.29 is 19.8 Å². The largest absolute Gasteiger partial charge is 0.494 e. The molecule has 0 aliphatic carbocycles. The number of carbonyl (C=O) groups is 2. The topological polar surface area (TPSA) is 90.4 Å². The summed E-state index contributed by atoms with van der Waals surface area (Å²) in [5, 5.41) is 18.6. The number of aromatic carboxylic acids is 1. The molecule has 0 saturated heterocycles. The van der Waals surface area contributed by atoms with Crippen LogP contribution in [-0.2, 0) is 0 Å². The average molecular weight is 205 g/mol. The summed E-state index contributed by atoms with van der Waals surface area (Å²) >= 11 is 0. The fourth-order valence-electron chi connectivity index (χ4n) is 1.46. The Morgan fingerprint density at radius 1 is 1.40 bits per heavy atom. The van der Waals surface area contributed by atoms with E-state index in [4.69, 9.17) is 5.11 Å². The second-order valence-electron chi connectivity index (χ2n) is 3.07. The van der Waals surface area contributed by atoms with E-state index in [2.05, 4.69) is 4.98 Å². The molecule has 1 heterocycles. The van der Waals surface area contributed by atoms with Gasteiger partial charge in [0, 0.05) is 10.9 Å². The van der Waals surface area contributed by atoms with Crippen molar-refractivity contribution in [2.24, 2.45) is 0 Å². The minimum atomic E-state index is -1.06. The number of carboxylic acid groups (broad SMARTS) is 1. The number of rotatable bonds is 2. The number of carboxylic acids is 1. The summed E-state index contributed by atoms with van der Waals surface area (Å²) in [6.45, 7) is 0. The molecule has 1 aromatic heterocycles. The number of fused-ring (bicyclic) bond motifs is 1. The van der Waals surface area contributed by atoms with Gasteiger partial charge in [0.1, 0.15) is 0 Å². The summed E-state index contributed by atoms with van der Waals surface area (Å²) in [4.78, 5) is 23.8. The smallest absolute Gasteiger partial charge is 0.335 e. The molecular formula is C10H7NO4. The highest BCUT2D eigenvalue weighted by Crippen LogP contribution is 2.26. The Labute approximate surface area is 84.0 Å². The summed E-state index contributed by atoms with van der Waals surface area (Å²) in [5.41, 5.74) is 0.664. The predicted molar refractivity (Wildman–Crippen MR) is 52.3 cm³/mol. The lowest BCUT2D eigenvalue weighted by molar-refractivity contribution is 0.0697. The van der Waals surface area contributed by atoms with Crippen LogP contribution in [0.5, 0.6) is 5.88 Å². The average Bonchev–Trinajstić information content (AvgIpc) is 2.51. The first kappa shape index (κ1) is 9.26. The van der Waals surface area contributed by atoms with E-state index in [0.29, 0.717) is 17.2 Å². The lowest BCUT2D eigenvalue weighted by Crippen LogP contribution is -1.94. The maximum atomic E-state index is 10.7. The van der Waals surface area contributed by atoms with Gasteiger partial charge in [0.2, 0.25) is 0 Å². The maximum Gasteiger partial charge on any atom is 0.335 e. The van der Waals surface area contributed by atoms with Gasteiger partial charge in [-0.25, -0.2) is 4.79 Å². The number of carbonyl (C=O) groups excluding carboxylic acids is 1. The van der Waals surface area contributed by atoms with Crippen molar-refractivity contribution in [2.45, 2.75) is 0 Å². The normalized spacial score (nSPS) is 10.4. The van der Waals surface area contributed by atoms with E-state index in [1.54, 1.807) is 0 Å². The van der Waals surface area contributed by atoms with Crippen LogP contribution in [0.4, 0.5) is 0 Å². The van der Waals surface area contributed by atoms with Gasteiger partial charge in [0.25, 0.3) is 0 Å². The van der Waals surface area contributed by atoms with Crippen molar-refractivity contribution in [3.63, 3.8) is 0 Å². The maximum absolute atomic E-state index is 10.7. The summed E-state index contributed by atoms with van der Waals surface area (Å²) in [7, 11) is 0. The highest BCUT2D eigenvalue weighted by atomic mass is 16.4. The SMILES string of the molecule is O=Cc1c(O)[nH]c2cc(C(=O)O)ccc12. The molecule has 15 heavy (non-hydrogen) atoms. The second kappa shape index (κ2) is 3.13. The third kappa shape index (κ3) is 1.34. The number of benzene rings is 1. The lowest BCUT2D eigenvalue weighted by Gasteiger charge is -1.94. The molecule has 0 atom stereocenters. The van der Waals surface area contributed by atoms with Gasteiger partial charge in [-0.1, -0.05) is 6.07 Å². The Kier molecular flexibility index (Phi) is 1.93. The van der Waals surface area contributed by atoms with Gasteiger partial charge < -0.3 is 15.2 Å². The zero-order valence-electron chi connectivity index (χ0n) is 7.52. The van der Waals surface area contributed by atoms with E-state index < -0.39 is 5.97 Å². The number of hydrogen-bond donors (Lipinski definition) is 3. The number of H-pyrrole nitrogens is 1. The minimum absolute atomic E-state index is 0.0983. The molecule has 0 bridgehead atoms. The van der Waals surface area contributed by atoms with E-state index in [0.717, 1.165) is 0 Å². The highest BCUT2D eigenvalue weighted by Gasteiger charge is 2.11. The lowest BCUT2D eigenvalue weighted by atomic mass is 10.1. The standard InChI is InChI=1S/C10H7NO4/c12-4-7-6-2-1-5(10(14)15)3-8(6)11-9(7)13/h1-4,11,13H,(H,14,15). The van der Waals surface area contributed by atoms with Crippen LogP contribution in [0.3, 0.4) is 0 Å². The van der Waals surface area contributed by atoms with Crippen molar-refractivity contribution >= 4 is 23.2 Å². The number of hydrogen-bond acceptors (Lipinski definition) is 3. The monoisotopic (exact) mass is 205 g/mol. The molecule has 3 N–H and O–H groups in total. The first-order valence-electron chi connectivity index (χ1n) is 4.16. The van der Waals surface area contributed by atoms with Crippen LogP contribution in [0.1, 0.15) is 20.7 Å². The van der Waals surface area contributed by atoms with E-state index >= 15 is 0 Å². The molecule has 5 nitrogen and oxygen atoms in total. The molecule has 0 unspecified atom stereocenters. The number of aromatic hydroxyl groups is 1. The molecule has 0 amide bonds. The third-order valence-electron chi connectivity index (χ3n) is 2.18. The third-order valence-corrected chi connectivity index (χ3v) is 2.18. The molecule has 0 aliphatic rings. The van der Waals surface area contributed by atoms with Crippen LogP contribution in [0, 0.1) is 0 Å². The van der Waals surface area contributed by atoms with Crippen molar-refractivity contribution in [1.82, 2.24) is 4.98 Å². The van der Waals surface area contributed by atoms with E-state index in [-0.39, 0.29) is 17.0 Å². The van der Waals surface area contributed by atoms with E-state index in [1.807, 2.05) is 0 Å². The molecule has 2 aromatic rings. The minimum Gasteiger partial charge on any atom is -0.494 e. The fourth-order valence-corrected chi connectivity index (χ4v) is 1.46. The molecule has 1 aromatic carbocycles. The molecule has 2 rings (SSSR count). The molecule has 0 radical (unpaired) electrons. The molecule has 5 heteroatoms. The van der Waals surface area contributed by atoms with Crippen molar-refractivity contribution in [1.29, 1.82) is 0 Å². The van der Waals surface area contributed by atoms with Gasteiger partial charge in [0.05, 0.1) is 11.1 Å². The Bertz CT molecular complexity index is 556. The molecule has 0 saturated carbocycles. The van der Waals surface area contributed by atoms with Crippen LogP contribution in [-0.4, -0.2) is 27.5 Å². The first-order chi connectivity index (χ1) is 7.13.